The summed E-state index contributed by atoms with van der Waals surface area (Å²) in [7, 11) is 0. The lowest BCUT2D eigenvalue weighted by molar-refractivity contribution is -0.122. The predicted octanol–water partition coefficient (Wildman–Crippen LogP) is 0.253. The number of aromatic nitrogens is 3. The van der Waals surface area contributed by atoms with Crippen LogP contribution in [0.5, 0.6) is 0 Å². The van der Waals surface area contributed by atoms with E-state index >= 15 is 0 Å². The first-order chi connectivity index (χ1) is 11.6. The first-order valence-corrected chi connectivity index (χ1v) is 7.10. The van der Waals surface area contributed by atoms with E-state index in [4.69, 9.17) is 0 Å². The van der Waals surface area contributed by atoms with Gasteiger partial charge in [0.25, 0.3) is 11.8 Å². The van der Waals surface area contributed by atoms with Gasteiger partial charge < -0.3 is 0 Å². The Morgan fingerprint density at radius 3 is 2.62 bits per heavy atom. The molecule has 0 bridgehead atoms. The molecule has 2 heterocycles. The van der Waals surface area contributed by atoms with Crippen molar-refractivity contribution >= 4 is 22.7 Å². The molecule has 0 unspecified atom stereocenters. The smallest absolute Gasteiger partial charge is 0.287 e. The molecule has 2 N–H and O–H groups in total. The van der Waals surface area contributed by atoms with E-state index in [0.29, 0.717) is 10.9 Å². The molecule has 8 heteroatoms. The van der Waals surface area contributed by atoms with Crippen LogP contribution in [0.1, 0.15) is 10.5 Å². The van der Waals surface area contributed by atoms with E-state index in [1.165, 1.54) is 16.9 Å². The number of hydrogen-bond donors (Lipinski definition) is 2. The van der Waals surface area contributed by atoms with Gasteiger partial charge in [-0.15, -0.1) is 0 Å². The number of carbonyl (C=O) groups excluding carboxylic acids is 2. The maximum atomic E-state index is 12.0. The summed E-state index contributed by atoms with van der Waals surface area (Å²) in [6.07, 6.45) is 2.63. The fourth-order valence-corrected chi connectivity index (χ4v) is 2.15. The van der Waals surface area contributed by atoms with Crippen molar-refractivity contribution in [2.24, 2.45) is 0 Å². The largest absolute Gasteiger partial charge is 0.288 e. The highest BCUT2D eigenvalue weighted by atomic mass is 16.2. The minimum absolute atomic E-state index is 0.150. The molecule has 3 rings (SSSR count). The molecule has 0 fully saturated rings. The highest BCUT2D eigenvalue weighted by Crippen LogP contribution is 2.07. The molecule has 0 atom stereocenters. The van der Waals surface area contributed by atoms with Crippen molar-refractivity contribution in [2.75, 3.05) is 0 Å². The molecule has 0 spiro atoms. The second-order valence-corrected chi connectivity index (χ2v) is 4.90. The van der Waals surface area contributed by atoms with Gasteiger partial charge in [-0.2, -0.15) is 5.10 Å². The van der Waals surface area contributed by atoms with Crippen molar-refractivity contribution < 1.29 is 9.59 Å². The van der Waals surface area contributed by atoms with Crippen LogP contribution in [0.25, 0.3) is 10.9 Å². The third kappa shape index (κ3) is 3.27. The van der Waals surface area contributed by atoms with E-state index < -0.39 is 11.8 Å². The normalized spacial score (nSPS) is 10.3. The summed E-state index contributed by atoms with van der Waals surface area (Å²) in [6, 6.07) is 11.7. The molecule has 120 valence electrons. The molecule has 8 nitrogen and oxygen atoms in total. The monoisotopic (exact) mass is 323 g/mol. The first-order valence-electron chi connectivity index (χ1n) is 7.10. The Hall–Kier alpha value is -3.55. The number of nitrogens with zero attached hydrogens (tertiary/aromatic N) is 3. The van der Waals surface area contributed by atoms with E-state index in [1.54, 1.807) is 36.4 Å². The number of rotatable bonds is 3. The fraction of sp³-hybridized carbons (Fsp3) is 0.0625. The van der Waals surface area contributed by atoms with Crippen molar-refractivity contribution in [3.63, 3.8) is 0 Å². The van der Waals surface area contributed by atoms with Crippen molar-refractivity contribution in [3.05, 3.63) is 70.8 Å². The van der Waals surface area contributed by atoms with Gasteiger partial charge in [0.15, 0.2) is 0 Å². The summed E-state index contributed by atoms with van der Waals surface area (Å²) in [4.78, 5) is 39.4. The van der Waals surface area contributed by atoms with E-state index in [-0.39, 0.29) is 17.7 Å². The Labute approximate surface area is 136 Å². The topological polar surface area (TPSA) is 106 Å². The molecule has 3 aromatic rings. The van der Waals surface area contributed by atoms with Gasteiger partial charge in [-0.25, -0.2) is 0 Å². The molecule has 0 radical (unpaired) electrons. The van der Waals surface area contributed by atoms with E-state index in [1.807, 2.05) is 0 Å². The van der Waals surface area contributed by atoms with Gasteiger partial charge in [-0.1, -0.05) is 18.2 Å². The minimum atomic E-state index is -0.526. The molecular formula is C16H13N5O3. The van der Waals surface area contributed by atoms with Gasteiger partial charge in [0.2, 0.25) is 5.43 Å². The summed E-state index contributed by atoms with van der Waals surface area (Å²) in [5.74, 6) is -1.01. The summed E-state index contributed by atoms with van der Waals surface area (Å²) >= 11 is 0. The highest BCUT2D eigenvalue weighted by molar-refractivity contribution is 5.93. The van der Waals surface area contributed by atoms with Crippen molar-refractivity contribution in [3.8, 4) is 0 Å². The lowest BCUT2D eigenvalue weighted by atomic mass is 10.2. The zero-order valence-electron chi connectivity index (χ0n) is 12.5. The second kappa shape index (κ2) is 6.69. The van der Waals surface area contributed by atoms with Crippen LogP contribution in [0.2, 0.25) is 0 Å². The van der Waals surface area contributed by atoms with Crippen LogP contribution in [0, 0.1) is 0 Å². The fourth-order valence-electron chi connectivity index (χ4n) is 2.15. The maximum absolute atomic E-state index is 12.0. The molecule has 2 aromatic heterocycles. The van der Waals surface area contributed by atoms with E-state index in [0.717, 1.165) is 6.20 Å². The summed E-state index contributed by atoms with van der Waals surface area (Å²) in [5, 5.41) is 4.42. The molecule has 1 aromatic carbocycles. The molecule has 0 saturated heterocycles. The number of hydrazine groups is 1. The van der Waals surface area contributed by atoms with Gasteiger partial charge in [0.05, 0.1) is 11.7 Å². The Kier molecular flexibility index (Phi) is 4.28. The number of hydrogen-bond acceptors (Lipinski definition) is 5. The molecular weight excluding hydrogens is 310 g/mol. The highest BCUT2D eigenvalue weighted by Gasteiger charge is 2.10. The van der Waals surface area contributed by atoms with Gasteiger partial charge in [-0.05, 0) is 24.3 Å². The number of benzene rings is 1. The van der Waals surface area contributed by atoms with Crippen LogP contribution in [0.15, 0.2) is 59.7 Å². The zero-order valence-corrected chi connectivity index (χ0v) is 12.5. The van der Waals surface area contributed by atoms with Gasteiger partial charge in [0, 0.05) is 11.6 Å². The molecule has 0 aliphatic carbocycles. The number of amides is 2. The van der Waals surface area contributed by atoms with Crippen LogP contribution >= 0.6 is 0 Å². The molecule has 0 aliphatic rings. The summed E-state index contributed by atoms with van der Waals surface area (Å²) in [5.41, 5.74) is 5.07. The number of nitrogens with one attached hydrogen (secondary N) is 2. The first kappa shape index (κ1) is 15.3. The van der Waals surface area contributed by atoms with Crippen molar-refractivity contribution in [2.45, 2.75) is 6.54 Å². The van der Waals surface area contributed by atoms with E-state index in [2.05, 4.69) is 20.9 Å². The standard InChI is InChI=1S/C16H13N5O3/c22-14-9-18-21(13-7-2-1-5-11(13)14)10-15(23)19-20-16(24)12-6-3-4-8-17-12/h1-9H,10H2,(H,19,23)(H,20,24). The van der Waals surface area contributed by atoms with Gasteiger partial charge >= 0.3 is 0 Å². The van der Waals surface area contributed by atoms with Crippen LogP contribution < -0.4 is 16.3 Å². The van der Waals surface area contributed by atoms with Crippen LogP contribution in [-0.2, 0) is 11.3 Å². The van der Waals surface area contributed by atoms with Crippen molar-refractivity contribution in [1.82, 2.24) is 25.6 Å². The molecule has 2 amide bonds. The SMILES string of the molecule is O=C(Cn1ncc(=O)c2ccccc21)NNC(=O)c1ccccn1. The average Bonchev–Trinajstić information content (AvgIpc) is 2.63. The van der Waals surface area contributed by atoms with Crippen molar-refractivity contribution in [1.29, 1.82) is 0 Å². The second-order valence-electron chi connectivity index (χ2n) is 4.90. The Morgan fingerprint density at radius 2 is 1.83 bits per heavy atom. The Morgan fingerprint density at radius 1 is 1.04 bits per heavy atom. The van der Waals surface area contributed by atoms with Gasteiger partial charge in [-0.3, -0.25) is 34.9 Å². The number of carbonyl (C=O) groups is 2. The molecule has 0 aliphatic heterocycles. The van der Waals surface area contributed by atoms with E-state index in [9.17, 15) is 14.4 Å². The maximum Gasteiger partial charge on any atom is 0.288 e. The number of fused-ring (bicyclic) bond motifs is 1. The summed E-state index contributed by atoms with van der Waals surface area (Å²) < 4.78 is 1.39. The van der Waals surface area contributed by atoms with Crippen LogP contribution in [0.3, 0.4) is 0 Å². The molecule has 0 saturated carbocycles. The Bertz CT molecular complexity index is 953. The minimum Gasteiger partial charge on any atom is -0.287 e. The van der Waals surface area contributed by atoms with Crippen LogP contribution in [-0.4, -0.2) is 26.6 Å². The lowest BCUT2D eigenvalue weighted by Crippen LogP contribution is -2.43. The predicted molar refractivity (Wildman–Crippen MR) is 85.8 cm³/mol. The number of pyridine rings is 1. The quantitative estimate of drug-likeness (QED) is 0.672. The Balaban J connectivity index is 1.69. The third-order valence-corrected chi connectivity index (χ3v) is 3.27. The lowest BCUT2D eigenvalue weighted by Gasteiger charge is -2.10. The third-order valence-electron chi connectivity index (χ3n) is 3.27. The number of para-hydroxylation sites is 1. The van der Waals surface area contributed by atoms with Crippen LogP contribution in [0.4, 0.5) is 0 Å². The van der Waals surface area contributed by atoms with Gasteiger partial charge in [0.1, 0.15) is 12.2 Å². The zero-order chi connectivity index (χ0) is 16.9. The molecule has 24 heavy (non-hydrogen) atoms. The summed E-state index contributed by atoms with van der Waals surface area (Å²) in [6.45, 7) is -0.150. The average molecular weight is 323 g/mol.